The zero-order chi connectivity index (χ0) is 20.8. The van der Waals surface area contributed by atoms with E-state index in [-0.39, 0.29) is 35.1 Å². The van der Waals surface area contributed by atoms with Crippen LogP contribution < -0.4 is 21.2 Å². The Kier molecular flexibility index (Phi) is 6.22. The summed E-state index contributed by atoms with van der Waals surface area (Å²) in [7, 11) is -4.80. The second kappa shape index (κ2) is 8.24. The summed E-state index contributed by atoms with van der Waals surface area (Å²) in [5, 5.41) is 6.02. The van der Waals surface area contributed by atoms with Crippen LogP contribution >= 0.6 is 0 Å². The Morgan fingerprint density at radius 1 is 1.03 bits per heavy atom. The van der Waals surface area contributed by atoms with Gasteiger partial charge >= 0.3 is 45.3 Å². The number of rotatable bonds is 5. The Morgan fingerprint density at radius 2 is 1.63 bits per heavy atom. The van der Waals surface area contributed by atoms with Gasteiger partial charge in [-0.05, 0) is 44.2 Å². The molecule has 0 fully saturated rings. The summed E-state index contributed by atoms with van der Waals surface area (Å²) in [6.45, 7) is 5.64. The van der Waals surface area contributed by atoms with Gasteiger partial charge in [0.15, 0.2) is 0 Å². The molecule has 0 saturated carbocycles. The van der Waals surface area contributed by atoms with Crippen LogP contribution in [0, 0.1) is 0 Å². The van der Waals surface area contributed by atoms with Crippen molar-refractivity contribution < 1.29 is 17.4 Å². The van der Waals surface area contributed by atoms with Crippen molar-refractivity contribution >= 4 is 67.7 Å². The van der Waals surface area contributed by atoms with E-state index >= 15 is 0 Å². The topological polar surface area (TPSA) is 112 Å². The summed E-state index contributed by atoms with van der Waals surface area (Å²) in [5.74, 6) is 0. The third-order valence-corrected chi connectivity index (χ3v) is 6.36. The fraction of sp³-hybridized carbons (Fsp3) is 0.250. The second-order valence-electron chi connectivity index (χ2n) is 6.79. The van der Waals surface area contributed by atoms with E-state index in [1.165, 1.54) is 6.07 Å². The van der Waals surface area contributed by atoms with E-state index in [2.05, 4.69) is 15.5 Å². The van der Waals surface area contributed by atoms with Crippen molar-refractivity contribution in [3.8, 4) is 0 Å². The van der Waals surface area contributed by atoms with Crippen LogP contribution in [0.4, 0.5) is 17.1 Å². The van der Waals surface area contributed by atoms with Crippen LogP contribution in [0.15, 0.2) is 57.7 Å². The van der Waals surface area contributed by atoms with Gasteiger partial charge in [0, 0.05) is 30.2 Å². The van der Waals surface area contributed by atoms with Crippen LogP contribution in [0.5, 0.6) is 0 Å². The van der Waals surface area contributed by atoms with Crippen molar-refractivity contribution in [1.82, 2.24) is 0 Å². The first kappa shape index (κ1) is 22.6. The normalized spacial score (nSPS) is 14.4. The maximum absolute atomic E-state index is 12.8. The molecule has 0 unspecified atom stereocenters. The molecular weight excluding hydrogens is 417 g/mol. The van der Waals surface area contributed by atoms with Gasteiger partial charge in [0.25, 0.3) is 4.99 Å². The molecule has 3 N–H and O–H groups in total. The summed E-state index contributed by atoms with van der Waals surface area (Å²) in [6, 6.07) is 13.5. The summed E-state index contributed by atoms with van der Waals surface area (Å²) in [5.41, 5.74) is 1.01. The first-order valence-corrected chi connectivity index (χ1v) is 10.7. The predicted molar refractivity (Wildman–Crippen MR) is 120 cm³/mol. The standard InChI is InChI=1S/C20H21N3O5S.Na.H/c1-3-23(4-2)14-10-9-13-11-15(19(24)28-18(13)12-14)20(29(25,26)27)21-16-7-5-6-8-17(16)22-20;;/h5-12,21-22H,3-4H2,1-2H3,(H,25,26,27);;. The van der Waals surface area contributed by atoms with E-state index in [4.69, 9.17) is 4.42 Å². The van der Waals surface area contributed by atoms with Crippen molar-refractivity contribution in [3.63, 3.8) is 0 Å². The molecular formula is C20H22N3NaO5S. The van der Waals surface area contributed by atoms with Gasteiger partial charge in [-0.25, -0.2) is 4.79 Å². The molecule has 0 radical (unpaired) electrons. The Balaban J connectivity index is 0.00000256. The number of nitrogens with one attached hydrogen (secondary N) is 2. The predicted octanol–water partition coefficient (Wildman–Crippen LogP) is 2.53. The van der Waals surface area contributed by atoms with Crippen molar-refractivity contribution in [2.45, 2.75) is 18.8 Å². The van der Waals surface area contributed by atoms with E-state index in [1.54, 1.807) is 36.4 Å². The minimum atomic E-state index is -4.80. The number of para-hydroxylation sites is 2. The second-order valence-corrected chi connectivity index (χ2v) is 8.36. The fourth-order valence-corrected chi connectivity index (χ4v) is 4.54. The summed E-state index contributed by atoms with van der Waals surface area (Å²) in [6.07, 6.45) is 0. The van der Waals surface area contributed by atoms with Gasteiger partial charge < -0.3 is 20.0 Å². The van der Waals surface area contributed by atoms with Gasteiger partial charge in [0.05, 0.1) is 11.4 Å². The summed E-state index contributed by atoms with van der Waals surface area (Å²) in [4.78, 5) is 12.7. The Labute approximate surface area is 196 Å². The third kappa shape index (κ3) is 3.61. The molecule has 3 aromatic rings. The Hall–Kier alpha value is -2.04. The van der Waals surface area contributed by atoms with Crippen molar-refractivity contribution in [2.24, 2.45) is 0 Å². The van der Waals surface area contributed by atoms with Crippen LogP contribution in [0.3, 0.4) is 0 Å². The monoisotopic (exact) mass is 439 g/mol. The molecule has 1 aliphatic heterocycles. The first-order valence-electron chi connectivity index (χ1n) is 9.25. The average molecular weight is 439 g/mol. The number of anilines is 3. The zero-order valence-electron chi connectivity index (χ0n) is 16.0. The molecule has 10 heteroatoms. The van der Waals surface area contributed by atoms with Gasteiger partial charge in [-0.1, -0.05) is 12.1 Å². The van der Waals surface area contributed by atoms with E-state index in [9.17, 15) is 17.8 Å². The molecule has 0 aliphatic carbocycles. The van der Waals surface area contributed by atoms with Crippen molar-refractivity contribution in [2.75, 3.05) is 28.6 Å². The molecule has 0 spiro atoms. The van der Waals surface area contributed by atoms with Gasteiger partial charge in [0.1, 0.15) is 11.1 Å². The molecule has 8 nitrogen and oxygen atoms in total. The third-order valence-electron chi connectivity index (χ3n) is 5.16. The number of hydrogen-bond donors (Lipinski definition) is 3. The molecule has 1 aromatic heterocycles. The maximum atomic E-state index is 12.8. The Morgan fingerprint density at radius 3 is 2.17 bits per heavy atom. The van der Waals surface area contributed by atoms with Crippen LogP contribution in [-0.2, 0) is 15.1 Å². The molecule has 2 heterocycles. The van der Waals surface area contributed by atoms with E-state index in [0.29, 0.717) is 22.3 Å². The quantitative estimate of drug-likeness (QED) is 0.316. The minimum absolute atomic E-state index is 0. The van der Waals surface area contributed by atoms with Crippen LogP contribution in [0.25, 0.3) is 11.0 Å². The number of benzene rings is 2. The molecule has 30 heavy (non-hydrogen) atoms. The molecule has 2 aromatic carbocycles. The number of fused-ring (bicyclic) bond motifs is 2. The molecule has 0 bridgehead atoms. The molecule has 0 amide bonds. The van der Waals surface area contributed by atoms with Crippen LogP contribution in [-0.4, -0.2) is 55.6 Å². The van der Waals surface area contributed by atoms with Gasteiger partial charge in [-0.15, -0.1) is 0 Å². The zero-order valence-corrected chi connectivity index (χ0v) is 16.8. The van der Waals surface area contributed by atoms with Gasteiger partial charge in [0.2, 0.25) is 0 Å². The molecule has 1 aliphatic rings. The van der Waals surface area contributed by atoms with Gasteiger partial charge in [-0.2, -0.15) is 8.42 Å². The Bertz CT molecular complexity index is 1230. The number of nitrogens with zero attached hydrogens (tertiary/aromatic N) is 1. The van der Waals surface area contributed by atoms with Gasteiger partial charge in [-0.3, -0.25) is 4.55 Å². The van der Waals surface area contributed by atoms with E-state index < -0.39 is 20.7 Å². The number of hydrogen-bond acceptors (Lipinski definition) is 7. The van der Waals surface area contributed by atoms with Crippen LogP contribution in [0.1, 0.15) is 19.4 Å². The summed E-state index contributed by atoms with van der Waals surface area (Å²) < 4.78 is 40.3. The van der Waals surface area contributed by atoms with E-state index in [1.807, 2.05) is 19.9 Å². The molecule has 154 valence electrons. The molecule has 0 saturated heterocycles. The van der Waals surface area contributed by atoms with Crippen molar-refractivity contribution in [3.05, 3.63) is 64.5 Å². The average Bonchev–Trinajstić information content (AvgIpc) is 3.09. The van der Waals surface area contributed by atoms with Crippen molar-refractivity contribution in [1.29, 1.82) is 0 Å². The fourth-order valence-electron chi connectivity index (χ4n) is 3.65. The van der Waals surface area contributed by atoms with Crippen LogP contribution in [0.2, 0.25) is 0 Å². The molecule has 0 atom stereocenters. The van der Waals surface area contributed by atoms with E-state index in [0.717, 1.165) is 18.8 Å². The molecule has 4 rings (SSSR count). The SMILES string of the molecule is CCN(CC)c1ccc2cc(C3(S(=O)(=O)O)Nc4ccccc4N3)c(=O)oc2c1.[NaH]. The summed E-state index contributed by atoms with van der Waals surface area (Å²) >= 11 is 0. The first-order chi connectivity index (χ1) is 13.8.